The molecule has 0 radical (unpaired) electrons. The Kier molecular flexibility index (Phi) is 8.80. The second kappa shape index (κ2) is 11.3. The standard InChI is InChI=1S/C22H28ClN3O3S2/c1-30-16-11-21(24-31(28,29)20-5-3-2-4-6-20)22(27)26-14-12-25(13-15-26)17-18-7-9-19(23)10-8-18/h2-10,21,24H,11-17H2,1H3. The van der Waals surface area contributed by atoms with Crippen LogP contribution in [-0.4, -0.2) is 68.4 Å². The van der Waals surface area contributed by atoms with Crippen molar-refractivity contribution >= 4 is 39.3 Å². The van der Waals surface area contributed by atoms with E-state index < -0.39 is 16.1 Å². The second-order valence-corrected chi connectivity index (χ2v) is 10.6. The van der Waals surface area contributed by atoms with Gasteiger partial charge in [0.15, 0.2) is 0 Å². The number of halogens is 1. The molecular formula is C22H28ClN3O3S2. The van der Waals surface area contributed by atoms with Crippen molar-refractivity contribution in [1.82, 2.24) is 14.5 Å². The number of nitrogens with zero attached hydrogens (tertiary/aromatic N) is 2. The van der Waals surface area contributed by atoms with Gasteiger partial charge in [0, 0.05) is 37.7 Å². The van der Waals surface area contributed by atoms with Gasteiger partial charge in [-0.05, 0) is 48.3 Å². The summed E-state index contributed by atoms with van der Waals surface area (Å²) >= 11 is 7.55. The first-order valence-electron chi connectivity index (χ1n) is 10.2. The zero-order chi connectivity index (χ0) is 22.3. The molecule has 1 atom stereocenters. The van der Waals surface area contributed by atoms with Gasteiger partial charge < -0.3 is 4.90 Å². The second-order valence-electron chi connectivity index (χ2n) is 7.50. The molecule has 31 heavy (non-hydrogen) atoms. The summed E-state index contributed by atoms with van der Waals surface area (Å²) in [6.45, 7) is 3.45. The molecule has 0 saturated carbocycles. The van der Waals surface area contributed by atoms with Crippen LogP contribution in [0.5, 0.6) is 0 Å². The van der Waals surface area contributed by atoms with Crippen molar-refractivity contribution in [1.29, 1.82) is 0 Å². The number of benzene rings is 2. The van der Waals surface area contributed by atoms with E-state index in [2.05, 4.69) is 9.62 Å². The number of nitrogens with one attached hydrogen (secondary N) is 1. The molecule has 9 heteroatoms. The van der Waals surface area contributed by atoms with Crippen LogP contribution in [0.2, 0.25) is 5.02 Å². The third-order valence-corrected chi connectivity index (χ3v) is 7.65. The van der Waals surface area contributed by atoms with Crippen molar-refractivity contribution in [2.45, 2.75) is 23.9 Å². The molecule has 0 bridgehead atoms. The molecule has 168 valence electrons. The number of carbonyl (C=O) groups is 1. The highest BCUT2D eigenvalue weighted by Gasteiger charge is 2.30. The van der Waals surface area contributed by atoms with Gasteiger partial charge in [-0.1, -0.05) is 41.9 Å². The van der Waals surface area contributed by atoms with E-state index >= 15 is 0 Å². The van der Waals surface area contributed by atoms with Crippen molar-refractivity contribution in [3.05, 3.63) is 65.2 Å². The largest absolute Gasteiger partial charge is 0.339 e. The number of piperazine rings is 1. The van der Waals surface area contributed by atoms with E-state index in [-0.39, 0.29) is 10.8 Å². The summed E-state index contributed by atoms with van der Waals surface area (Å²) in [6, 6.07) is 15.2. The quantitative estimate of drug-likeness (QED) is 0.596. The molecule has 1 saturated heterocycles. The Balaban J connectivity index is 1.60. The summed E-state index contributed by atoms with van der Waals surface area (Å²) in [5.41, 5.74) is 1.18. The summed E-state index contributed by atoms with van der Waals surface area (Å²) in [4.78, 5) is 17.4. The summed E-state index contributed by atoms with van der Waals surface area (Å²) in [6.07, 6.45) is 2.40. The molecule has 6 nitrogen and oxygen atoms in total. The first-order chi connectivity index (χ1) is 14.9. The number of amides is 1. The van der Waals surface area contributed by atoms with Gasteiger partial charge in [0.05, 0.1) is 4.90 Å². The monoisotopic (exact) mass is 481 g/mol. The lowest BCUT2D eigenvalue weighted by Gasteiger charge is -2.36. The third-order valence-electron chi connectivity index (χ3n) is 5.26. The number of hydrogen-bond donors (Lipinski definition) is 1. The first-order valence-corrected chi connectivity index (χ1v) is 13.5. The fourth-order valence-electron chi connectivity index (χ4n) is 3.52. The first kappa shape index (κ1) is 24.1. The molecule has 0 spiro atoms. The van der Waals surface area contributed by atoms with Crippen molar-refractivity contribution in [2.24, 2.45) is 0 Å². The minimum atomic E-state index is -3.76. The van der Waals surface area contributed by atoms with Gasteiger partial charge in [-0.25, -0.2) is 8.42 Å². The van der Waals surface area contributed by atoms with Gasteiger partial charge >= 0.3 is 0 Å². The highest BCUT2D eigenvalue weighted by atomic mass is 35.5. The van der Waals surface area contributed by atoms with Crippen LogP contribution in [0.4, 0.5) is 0 Å². The number of sulfonamides is 1. The van der Waals surface area contributed by atoms with E-state index in [0.29, 0.717) is 30.3 Å². The molecular weight excluding hydrogens is 454 g/mol. The Morgan fingerprint density at radius 2 is 1.71 bits per heavy atom. The molecule has 2 aromatic rings. The number of rotatable bonds is 9. The van der Waals surface area contributed by atoms with Gasteiger partial charge in [-0.2, -0.15) is 16.5 Å². The minimum Gasteiger partial charge on any atom is -0.339 e. The van der Waals surface area contributed by atoms with Gasteiger partial charge in [0.1, 0.15) is 6.04 Å². The molecule has 1 aliphatic rings. The van der Waals surface area contributed by atoms with E-state index in [0.717, 1.165) is 19.6 Å². The number of thioether (sulfide) groups is 1. The third kappa shape index (κ3) is 6.95. The van der Waals surface area contributed by atoms with Crippen LogP contribution < -0.4 is 4.72 Å². The van der Waals surface area contributed by atoms with Crippen LogP contribution in [0.15, 0.2) is 59.5 Å². The van der Waals surface area contributed by atoms with Crippen molar-refractivity contribution in [2.75, 3.05) is 38.2 Å². The molecule has 3 rings (SSSR count). The summed E-state index contributed by atoms with van der Waals surface area (Å²) in [5, 5.41) is 0.716. The predicted molar refractivity (Wildman–Crippen MR) is 127 cm³/mol. The highest BCUT2D eigenvalue weighted by Crippen LogP contribution is 2.15. The van der Waals surface area contributed by atoms with Gasteiger partial charge in [-0.3, -0.25) is 9.69 Å². The maximum Gasteiger partial charge on any atom is 0.241 e. The summed E-state index contributed by atoms with van der Waals surface area (Å²) in [5.74, 6) is 0.546. The highest BCUT2D eigenvalue weighted by molar-refractivity contribution is 7.98. The molecule has 1 unspecified atom stereocenters. The van der Waals surface area contributed by atoms with Gasteiger partial charge in [0.2, 0.25) is 15.9 Å². The van der Waals surface area contributed by atoms with Crippen LogP contribution in [0.3, 0.4) is 0 Å². The molecule has 0 aliphatic carbocycles. The Bertz CT molecular complexity index is 948. The van der Waals surface area contributed by atoms with E-state index in [1.165, 1.54) is 17.7 Å². The van der Waals surface area contributed by atoms with E-state index in [4.69, 9.17) is 11.6 Å². The average Bonchev–Trinajstić information content (AvgIpc) is 2.79. The summed E-state index contributed by atoms with van der Waals surface area (Å²) < 4.78 is 28.2. The van der Waals surface area contributed by atoms with Gasteiger partial charge in [-0.15, -0.1) is 0 Å². The van der Waals surface area contributed by atoms with E-state index in [1.54, 1.807) is 34.9 Å². The molecule has 0 aromatic heterocycles. The number of carbonyl (C=O) groups excluding carboxylic acids is 1. The van der Waals surface area contributed by atoms with Crippen LogP contribution in [-0.2, 0) is 21.4 Å². The van der Waals surface area contributed by atoms with Crippen molar-refractivity contribution in [3.63, 3.8) is 0 Å². The Labute approximate surface area is 194 Å². The van der Waals surface area contributed by atoms with E-state index in [9.17, 15) is 13.2 Å². The topological polar surface area (TPSA) is 69.7 Å². The lowest BCUT2D eigenvalue weighted by Crippen LogP contribution is -2.54. The zero-order valence-electron chi connectivity index (χ0n) is 17.5. The Morgan fingerprint density at radius 1 is 1.06 bits per heavy atom. The lowest BCUT2D eigenvalue weighted by molar-refractivity contribution is -0.134. The van der Waals surface area contributed by atoms with Crippen LogP contribution >= 0.6 is 23.4 Å². The Morgan fingerprint density at radius 3 is 2.32 bits per heavy atom. The molecule has 1 aliphatic heterocycles. The smallest absolute Gasteiger partial charge is 0.241 e. The average molecular weight is 482 g/mol. The SMILES string of the molecule is CSCCC(NS(=O)(=O)c1ccccc1)C(=O)N1CCN(Cc2ccc(Cl)cc2)CC1. The number of hydrogen-bond acceptors (Lipinski definition) is 5. The predicted octanol–water partition coefficient (Wildman–Crippen LogP) is 3.08. The van der Waals surface area contributed by atoms with Gasteiger partial charge in [0.25, 0.3) is 0 Å². The van der Waals surface area contributed by atoms with Crippen LogP contribution in [0.1, 0.15) is 12.0 Å². The molecule has 2 aromatic carbocycles. The van der Waals surface area contributed by atoms with Crippen LogP contribution in [0, 0.1) is 0 Å². The maximum absolute atomic E-state index is 13.2. The summed E-state index contributed by atoms with van der Waals surface area (Å²) in [7, 11) is -3.76. The molecule has 1 amide bonds. The fourth-order valence-corrected chi connectivity index (χ4v) is 5.36. The lowest BCUT2D eigenvalue weighted by atomic mass is 10.1. The molecule has 1 heterocycles. The van der Waals surface area contributed by atoms with E-state index in [1.807, 2.05) is 30.5 Å². The molecule has 1 fully saturated rings. The molecule has 1 N–H and O–H groups in total. The Hall–Kier alpha value is -1.58. The maximum atomic E-state index is 13.2. The van der Waals surface area contributed by atoms with Crippen molar-refractivity contribution in [3.8, 4) is 0 Å². The zero-order valence-corrected chi connectivity index (χ0v) is 19.9. The normalized spacial score (nSPS) is 16.3. The van der Waals surface area contributed by atoms with Crippen LogP contribution in [0.25, 0.3) is 0 Å². The minimum absolute atomic E-state index is 0.153. The van der Waals surface area contributed by atoms with Crippen molar-refractivity contribution < 1.29 is 13.2 Å². The fraction of sp³-hybridized carbons (Fsp3) is 0.409.